The summed E-state index contributed by atoms with van der Waals surface area (Å²) in [5.41, 5.74) is 6.85. The van der Waals surface area contributed by atoms with Crippen LogP contribution in [0.4, 0.5) is 5.13 Å². The van der Waals surface area contributed by atoms with Gasteiger partial charge in [-0.1, -0.05) is 57.6 Å². The highest BCUT2D eigenvalue weighted by molar-refractivity contribution is 9.10. The molecule has 0 bridgehead atoms. The third-order valence-electron chi connectivity index (χ3n) is 5.16. The fourth-order valence-electron chi connectivity index (χ4n) is 3.35. The first-order chi connectivity index (χ1) is 16.0. The van der Waals surface area contributed by atoms with Crippen LogP contribution in [-0.4, -0.2) is 49.2 Å². The fourth-order valence-corrected chi connectivity index (χ4v) is 5.72. The van der Waals surface area contributed by atoms with Gasteiger partial charge in [0.25, 0.3) is 0 Å². The smallest absolute Gasteiger partial charge is 0.250 e. The number of nitrogens with one attached hydrogen (secondary N) is 1. The first kappa shape index (κ1) is 23.9. The predicted molar refractivity (Wildman–Crippen MR) is 141 cm³/mol. The zero-order valence-electron chi connectivity index (χ0n) is 18.5. The Hall–Kier alpha value is -2.20. The highest BCUT2D eigenvalue weighted by atomic mass is 79.9. The number of ether oxygens (including phenoxy) is 1. The van der Waals surface area contributed by atoms with E-state index < -0.39 is 0 Å². The molecule has 172 valence electrons. The third-order valence-corrected chi connectivity index (χ3v) is 8.22. The minimum atomic E-state index is -0.143. The van der Waals surface area contributed by atoms with E-state index in [0.717, 1.165) is 54.9 Å². The largest absolute Gasteiger partial charge is 0.378 e. The van der Waals surface area contributed by atoms with E-state index in [-0.39, 0.29) is 5.91 Å². The van der Waals surface area contributed by atoms with Crippen LogP contribution in [-0.2, 0) is 9.53 Å². The second-order valence-corrected chi connectivity index (χ2v) is 10.5. The molecule has 1 saturated heterocycles. The Morgan fingerprint density at radius 1 is 1.24 bits per heavy atom. The lowest BCUT2D eigenvalue weighted by Gasteiger charge is -2.26. The first-order valence-corrected chi connectivity index (χ1v) is 13.2. The van der Waals surface area contributed by atoms with Gasteiger partial charge in [-0.3, -0.25) is 4.79 Å². The number of aromatic nitrogens is 1. The van der Waals surface area contributed by atoms with E-state index in [9.17, 15) is 4.79 Å². The topological polar surface area (TPSA) is 66.8 Å². The molecule has 0 spiro atoms. The molecule has 2 heterocycles. The molecule has 1 aliphatic heterocycles. The molecule has 0 unspecified atom stereocenters. The van der Waals surface area contributed by atoms with E-state index in [2.05, 4.69) is 43.5 Å². The number of thioether (sulfide) groups is 1. The van der Waals surface area contributed by atoms with Crippen LogP contribution in [0.1, 0.15) is 16.0 Å². The molecule has 0 aliphatic carbocycles. The van der Waals surface area contributed by atoms with E-state index in [1.165, 1.54) is 11.8 Å². The molecule has 1 fully saturated rings. The highest BCUT2D eigenvalue weighted by Crippen LogP contribution is 2.32. The number of nitrogens with zero attached hydrogens (tertiary/aromatic N) is 3. The first-order valence-electron chi connectivity index (χ1n) is 10.6. The number of carbonyl (C=O) groups is 1. The molecule has 1 aromatic heterocycles. The van der Waals surface area contributed by atoms with Crippen molar-refractivity contribution in [2.75, 3.05) is 37.0 Å². The number of benzene rings is 2. The molecular formula is C24H25BrN4O2S2. The molecule has 6 nitrogen and oxygen atoms in total. The molecule has 33 heavy (non-hydrogen) atoms. The average molecular weight is 546 g/mol. The molecule has 0 atom stereocenters. The second kappa shape index (κ2) is 11.3. The van der Waals surface area contributed by atoms with Gasteiger partial charge in [-0.05, 0) is 37.1 Å². The normalized spacial score (nSPS) is 14.1. The van der Waals surface area contributed by atoms with Gasteiger partial charge in [0.15, 0.2) is 5.13 Å². The van der Waals surface area contributed by atoms with Crippen molar-refractivity contribution in [2.45, 2.75) is 18.7 Å². The lowest BCUT2D eigenvalue weighted by atomic mass is 10.1. The molecule has 0 radical (unpaired) electrons. The number of thiazole rings is 1. The van der Waals surface area contributed by atoms with Gasteiger partial charge in [0.2, 0.25) is 5.91 Å². The van der Waals surface area contributed by atoms with Gasteiger partial charge >= 0.3 is 0 Å². The van der Waals surface area contributed by atoms with Crippen LogP contribution in [0.2, 0.25) is 0 Å². The number of hydrazone groups is 1. The Kier molecular flexibility index (Phi) is 8.19. The Labute approximate surface area is 210 Å². The number of aryl methyl sites for hydroxylation is 2. The molecule has 1 aliphatic rings. The van der Waals surface area contributed by atoms with Crippen molar-refractivity contribution in [3.63, 3.8) is 0 Å². The standard InChI is InChI=1S/C24H25BrN4O2S2/c1-16-13-20(17(2)12-19(16)25)32-15-22(30)28-26-14-21-23(18-6-4-3-5-7-18)27-24(33-21)29-8-10-31-11-9-29/h3-7,12-14H,8-11,15H2,1-2H3,(H,28,30). The van der Waals surface area contributed by atoms with Crippen LogP contribution < -0.4 is 10.3 Å². The minimum Gasteiger partial charge on any atom is -0.378 e. The lowest BCUT2D eigenvalue weighted by molar-refractivity contribution is -0.118. The number of hydrogen-bond donors (Lipinski definition) is 1. The van der Waals surface area contributed by atoms with Crippen molar-refractivity contribution in [1.29, 1.82) is 0 Å². The van der Waals surface area contributed by atoms with Crippen LogP contribution in [0.15, 0.2) is 56.9 Å². The zero-order valence-corrected chi connectivity index (χ0v) is 21.7. The van der Waals surface area contributed by atoms with Crippen LogP contribution in [0.25, 0.3) is 11.3 Å². The Morgan fingerprint density at radius 3 is 2.76 bits per heavy atom. The molecule has 2 aromatic carbocycles. The van der Waals surface area contributed by atoms with E-state index in [1.807, 2.05) is 44.2 Å². The summed E-state index contributed by atoms with van der Waals surface area (Å²) in [5.74, 6) is 0.155. The van der Waals surface area contributed by atoms with Gasteiger partial charge in [0.1, 0.15) is 0 Å². The maximum Gasteiger partial charge on any atom is 0.250 e. The summed E-state index contributed by atoms with van der Waals surface area (Å²) in [7, 11) is 0. The number of hydrogen-bond acceptors (Lipinski definition) is 7. The summed E-state index contributed by atoms with van der Waals surface area (Å²) >= 11 is 6.63. The summed E-state index contributed by atoms with van der Waals surface area (Å²) < 4.78 is 6.54. The van der Waals surface area contributed by atoms with Gasteiger partial charge < -0.3 is 9.64 Å². The van der Waals surface area contributed by atoms with Crippen molar-refractivity contribution in [2.24, 2.45) is 5.10 Å². The maximum atomic E-state index is 12.4. The van der Waals surface area contributed by atoms with E-state index >= 15 is 0 Å². The SMILES string of the molecule is Cc1cc(SCC(=O)NN=Cc2sc(N3CCOCC3)nc2-c2ccccc2)c(C)cc1Br. The van der Waals surface area contributed by atoms with Crippen molar-refractivity contribution in [3.05, 3.63) is 62.9 Å². The number of halogens is 1. The van der Waals surface area contributed by atoms with Gasteiger partial charge in [-0.25, -0.2) is 10.4 Å². The van der Waals surface area contributed by atoms with Crippen molar-refractivity contribution < 1.29 is 9.53 Å². The van der Waals surface area contributed by atoms with Crippen LogP contribution in [0.3, 0.4) is 0 Å². The van der Waals surface area contributed by atoms with E-state index in [1.54, 1.807) is 17.6 Å². The Balaban J connectivity index is 1.44. The van der Waals surface area contributed by atoms with Crippen LogP contribution in [0.5, 0.6) is 0 Å². The number of amides is 1. The third kappa shape index (κ3) is 6.23. The van der Waals surface area contributed by atoms with Crippen molar-refractivity contribution in [3.8, 4) is 11.3 Å². The number of morpholine rings is 1. The average Bonchev–Trinajstić information content (AvgIpc) is 3.26. The summed E-state index contributed by atoms with van der Waals surface area (Å²) in [6.07, 6.45) is 1.70. The quantitative estimate of drug-likeness (QED) is 0.249. The summed E-state index contributed by atoms with van der Waals surface area (Å²) in [6.45, 7) is 7.14. The monoisotopic (exact) mass is 544 g/mol. The molecule has 9 heteroatoms. The lowest BCUT2D eigenvalue weighted by Crippen LogP contribution is -2.36. The van der Waals surface area contributed by atoms with Crippen LogP contribution in [0, 0.1) is 13.8 Å². The fraction of sp³-hybridized carbons (Fsp3) is 0.292. The number of anilines is 1. The summed E-state index contributed by atoms with van der Waals surface area (Å²) in [4.78, 5) is 21.5. The van der Waals surface area contributed by atoms with Gasteiger partial charge in [-0.2, -0.15) is 5.10 Å². The van der Waals surface area contributed by atoms with Gasteiger partial charge in [0.05, 0.1) is 35.8 Å². The zero-order chi connectivity index (χ0) is 23.2. The molecule has 3 aromatic rings. The Bertz CT molecular complexity index is 1140. The van der Waals surface area contributed by atoms with Gasteiger partial charge in [0, 0.05) is 28.0 Å². The molecule has 4 rings (SSSR count). The molecular weight excluding hydrogens is 520 g/mol. The predicted octanol–water partition coefficient (Wildman–Crippen LogP) is 5.27. The summed E-state index contributed by atoms with van der Waals surface area (Å²) in [5, 5.41) is 5.18. The highest BCUT2D eigenvalue weighted by Gasteiger charge is 2.19. The Morgan fingerprint density at radius 2 is 2.00 bits per heavy atom. The van der Waals surface area contributed by atoms with Crippen molar-refractivity contribution >= 4 is 56.3 Å². The maximum absolute atomic E-state index is 12.4. The van der Waals surface area contributed by atoms with Crippen LogP contribution >= 0.6 is 39.0 Å². The number of carbonyl (C=O) groups excluding carboxylic acids is 1. The van der Waals surface area contributed by atoms with E-state index in [0.29, 0.717) is 19.0 Å². The van der Waals surface area contributed by atoms with Gasteiger partial charge in [-0.15, -0.1) is 11.8 Å². The second-order valence-electron chi connectivity index (χ2n) is 7.62. The van der Waals surface area contributed by atoms with Crippen molar-refractivity contribution in [1.82, 2.24) is 10.4 Å². The molecule has 0 saturated carbocycles. The molecule has 1 N–H and O–H groups in total. The molecule has 1 amide bonds. The van der Waals surface area contributed by atoms with E-state index in [4.69, 9.17) is 9.72 Å². The number of rotatable bonds is 7. The minimum absolute atomic E-state index is 0.143. The summed E-state index contributed by atoms with van der Waals surface area (Å²) in [6, 6.07) is 14.2.